The zero-order valence-electron chi connectivity index (χ0n) is 11.3. The fraction of sp³-hybridized carbons (Fsp3) is 0.429. The summed E-state index contributed by atoms with van der Waals surface area (Å²) < 4.78 is 4.68. The molecule has 1 N–H and O–H groups in total. The molecule has 1 fully saturated rings. The van der Waals surface area contributed by atoms with E-state index in [2.05, 4.69) is 4.74 Å². The van der Waals surface area contributed by atoms with Gasteiger partial charge in [0, 0.05) is 23.6 Å². The maximum Gasteiger partial charge on any atom is 0.328 e. The van der Waals surface area contributed by atoms with Crippen LogP contribution in [-0.2, 0) is 9.53 Å². The lowest BCUT2D eigenvalue weighted by Crippen LogP contribution is -2.41. The van der Waals surface area contributed by atoms with Gasteiger partial charge in [0.15, 0.2) is 0 Å². The molecule has 1 amide bonds. The van der Waals surface area contributed by atoms with E-state index >= 15 is 0 Å². The molecule has 0 aromatic heterocycles. The minimum atomic E-state index is -0.738. The first-order valence-electron chi connectivity index (χ1n) is 6.27. The number of rotatable bonds is 2. The standard InChI is InChI=1S/C14H16ClNO4/c1-8-5-9(15)3-4-11(8)13(18)16-7-10(17)6-12(16)14(19)20-2/h3-5,10,12,17H,6-7H2,1-2H3. The number of methoxy groups -OCH3 is 1. The summed E-state index contributed by atoms with van der Waals surface area (Å²) in [4.78, 5) is 25.6. The molecule has 0 bridgehead atoms. The van der Waals surface area contributed by atoms with Gasteiger partial charge in [-0.15, -0.1) is 0 Å². The van der Waals surface area contributed by atoms with E-state index in [0.717, 1.165) is 5.56 Å². The Labute approximate surface area is 122 Å². The van der Waals surface area contributed by atoms with Gasteiger partial charge in [0.1, 0.15) is 6.04 Å². The number of aliphatic hydroxyl groups excluding tert-OH is 1. The summed E-state index contributed by atoms with van der Waals surface area (Å²) in [5, 5.41) is 10.2. The Morgan fingerprint density at radius 2 is 2.15 bits per heavy atom. The first-order chi connectivity index (χ1) is 9.43. The van der Waals surface area contributed by atoms with Gasteiger partial charge in [-0.25, -0.2) is 4.79 Å². The molecular formula is C14H16ClNO4. The van der Waals surface area contributed by atoms with Crippen LogP contribution in [0.2, 0.25) is 5.02 Å². The van der Waals surface area contributed by atoms with Crippen molar-refractivity contribution < 1.29 is 19.4 Å². The van der Waals surface area contributed by atoms with E-state index in [-0.39, 0.29) is 18.9 Å². The maximum atomic E-state index is 12.5. The first-order valence-corrected chi connectivity index (χ1v) is 6.65. The molecule has 1 aliphatic heterocycles. The second-order valence-corrected chi connectivity index (χ2v) is 5.28. The predicted molar refractivity (Wildman–Crippen MR) is 73.7 cm³/mol. The summed E-state index contributed by atoms with van der Waals surface area (Å²) in [5.41, 5.74) is 1.20. The van der Waals surface area contributed by atoms with Crippen molar-refractivity contribution in [1.82, 2.24) is 4.90 Å². The van der Waals surface area contributed by atoms with Crippen LogP contribution >= 0.6 is 11.6 Å². The quantitative estimate of drug-likeness (QED) is 0.838. The molecule has 5 nitrogen and oxygen atoms in total. The van der Waals surface area contributed by atoms with Crippen LogP contribution in [0.4, 0.5) is 0 Å². The van der Waals surface area contributed by atoms with Crippen molar-refractivity contribution >= 4 is 23.5 Å². The van der Waals surface area contributed by atoms with Gasteiger partial charge in [0.25, 0.3) is 5.91 Å². The average molecular weight is 298 g/mol. The minimum absolute atomic E-state index is 0.126. The molecule has 1 aromatic rings. The molecule has 20 heavy (non-hydrogen) atoms. The van der Waals surface area contributed by atoms with Gasteiger partial charge >= 0.3 is 5.97 Å². The van der Waals surface area contributed by atoms with E-state index in [1.54, 1.807) is 25.1 Å². The van der Waals surface area contributed by atoms with Crippen LogP contribution in [0.5, 0.6) is 0 Å². The number of aliphatic hydroxyl groups is 1. The van der Waals surface area contributed by atoms with E-state index in [4.69, 9.17) is 11.6 Å². The molecule has 6 heteroatoms. The van der Waals surface area contributed by atoms with Gasteiger partial charge in [-0.2, -0.15) is 0 Å². The molecule has 1 aromatic carbocycles. The number of hydrogen-bond acceptors (Lipinski definition) is 4. The van der Waals surface area contributed by atoms with Crippen molar-refractivity contribution in [3.63, 3.8) is 0 Å². The number of β-amino-alcohol motifs (C(OH)–C–C–N with tert-alkyl or cyclic N) is 1. The minimum Gasteiger partial charge on any atom is -0.467 e. The highest BCUT2D eigenvalue weighted by Crippen LogP contribution is 2.24. The number of aryl methyl sites for hydroxylation is 1. The number of ether oxygens (including phenoxy) is 1. The van der Waals surface area contributed by atoms with E-state index in [9.17, 15) is 14.7 Å². The number of benzene rings is 1. The molecular weight excluding hydrogens is 282 g/mol. The molecule has 1 saturated heterocycles. The van der Waals surface area contributed by atoms with Crippen LogP contribution in [0.25, 0.3) is 0 Å². The lowest BCUT2D eigenvalue weighted by molar-refractivity contribution is -0.145. The number of hydrogen-bond donors (Lipinski definition) is 1. The molecule has 0 radical (unpaired) electrons. The van der Waals surface area contributed by atoms with Crippen LogP contribution in [0.1, 0.15) is 22.3 Å². The largest absolute Gasteiger partial charge is 0.467 e. The second-order valence-electron chi connectivity index (χ2n) is 4.85. The molecule has 108 valence electrons. The van der Waals surface area contributed by atoms with E-state index in [1.165, 1.54) is 12.0 Å². The number of likely N-dealkylation sites (tertiary alicyclic amines) is 1. The monoisotopic (exact) mass is 297 g/mol. The summed E-state index contributed by atoms with van der Waals surface area (Å²) in [5.74, 6) is -0.812. The van der Waals surface area contributed by atoms with Gasteiger partial charge in [-0.3, -0.25) is 4.79 Å². The fourth-order valence-corrected chi connectivity index (χ4v) is 2.65. The number of carbonyl (C=O) groups is 2. The van der Waals surface area contributed by atoms with E-state index in [1.807, 2.05) is 0 Å². The molecule has 0 spiro atoms. The number of carbonyl (C=O) groups excluding carboxylic acids is 2. The van der Waals surface area contributed by atoms with Crippen molar-refractivity contribution in [2.45, 2.75) is 25.5 Å². The normalized spacial score (nSPS) is 21.9. The lowest BCUT2D eigenvalue weighted by atomic mass is 10.1. The van der Waals surface area contributed by atoms with Crippen LogP contribution in [0.15, 0.2) is 18.2 Å². The number of halogens is 1. The van der Waals surface area contributed by atoms with Gasteiger partial charge in [0.05, 0.1) is 13.2 Å². The SMILES string of the molecule is COC(=O)C1CC(O)CN1C(=O)c1ccc(Cl)cc1C. The molecule has 1 heterocycles. The Balaban J connectivity index is 2.29. The lowest BCUT2D eigenvalue weighted by Gasteiger charge is -2.23. The highest BCUT2D eigenvalue weighted by atomic mass is 35.5. The van der Waals surface area contributed by atoms with Crippen LogP contribution in [0, 0.1) is 6.92 Å². The fourth-order valence-electron chi connectivity index (χ4n) is 2.42. The number of amides is 1. The highest BCUT2D eigenvalue weighted by Gasteiger charge is 2.40. The Hall–Kier alpha value is -1.59. The van der Waals surface area contributed by atoms with Gasteiger partial charge in [-0.1, -0.05) is 11.6 Å². The molecule has 0 saturated carbocycles. The Morgan fingerprint density at radius 3 is 2.75 bits per heavy atom. The third-order valence-electron chi connectivity index (χ3n) is 3.43. The van der Waals surface area contributed by atoms with Crippen LogP contribution in [0.3, 0.4) is 0 Å². The van der Waals surface area contributed by atoms with Crippen molar-refractivity contribution in [2.24, 2.45) is 0 Å². The van der Waals surface area contributed by atoms with Crippen molar-refractivity contribution in [1.29, 1.82) is 0 Å². The maximum absolute atomic E-state index is 12.5. The molecule has 2 unspecified atom stereocenters. The molecule has 2 rings (SSSR count). The topological polar surface area (TPSA) is 66.8 Å². The molecule has 1 aliphatic rings. The predicted octanol–water partition coefficient (Wildman–Crippen LogP) is 1.40. The van der Waals surface area contributed by atoms with Gasteiger partial charge in [0.2, 0.25) is 0 Å². The summed E-state index contributed by atoms with van der Waals surface area (Å²) in [6, 6.07) is 4.20. The smallest absolute Gasteiger partial charge is 0.328 e. The number of nitrogens with zero attached hydrogens (tertiary/aromatic N) is 1. The van der Waals surface area contributed by atoms with Crippen molar-refractivity contribution in [3.8, 4) is 0 Å². The van der Waals surface area contributed by atoms with Crippen molar-refractivity contribution in [3.05, 3.63) is 34.3 Å². The van der Waals surface area contributed by atoms with Crippen LogP contribution in [-0.4, -0.2) is 47.7 Å². The molecule has 2 atom stereocenters. The van der Waals surface area contributed by atoms with Crippen LogP contribution < -0.4 is 0 Å². The van der Waals surface area contributed by atoms with Gasteiger partial charge < -0.3 is 14.7 Å². The second kappa shape index (κ2) is 5.81. The Bertz CT molecular complexity index is 546. The Morgan fingerprint density at radius 1 is 1.45 bits per heavy atom. The zero-order valence-corrected chi connectivity index (χ0v) is 12.1. The first kappa shape index (κ1) is 14.8. The summed E-state index contributed by atoms with van der Waals surface area (Å²) >= 11 is 5.87. The third-order valence-corrected chi connectivity index (χ3v) is 3.67. The average Bonchev–Trinajstić information content (AvgIpc) is 2.79. The van der Waals surface area contributed by atoms with E-state index in [0.29, 0.717) is 10.6 Å². The highest BCUT2D eigenvalue weighted by molar-refractivity contribution is 6.30. The third kappa shape index (κ3) is 2.78. The zero-order chi connectivity index (χ0) is 14.9. The summed E-state index contributed by atoms with van der Waals surface area (Å²) in [6.45, 7) is 1.90. The summed E-state index contributed by atoms with van der Waals surface area (Å²) in [6.07, 6.45) is -0.513. The molecule has 0 aliphatic carbocycles. The Kier molecular flexibility index (Phi) is 4.30. The van der Waals surface area contributed by atoms with E-state index < -0.39 is 18.1 Å². The van der Waals surface area contributed by atoms with Crippen molar-refractivity contribution in [2.75, 3.05) is 13.7 Å². The summed E-state index contributed by atoms with van der Waals surface area (Å²) in [7, 11) is 1.27. The van der Waals surface area contributed by atoms with Gasteiger partial charge in [-0.05, 0) is 30.7 Å². The number of esters is 1.